The molecule has 0 aliphatic carbocycles. The van der Waals surface area contributed by atoms with Gasteiger partial charge in [0, 0.05) is 25.9 Å². The van der Waals surface area contributed by atoms with Crippen LogP contribution in [0.5, 0.6) is 5.75 Å². The van der Waals surface area contributed by atoms with Crippen molar-refractivity contribution in [1.29, 1.82) is 0 Å². The topological polar surface area (TPSA) is 46.5 Å². The summed E-state index contributed by atoms with van der Waals surface area (Å²) in [7, 11) is 0. The fourth-order valence-electron chi connectivity index (χ4n) is 5.14. The Bertz CT molecular complexity index is 1860. The Balaban J connectivity index is 1.53. The molecule has 1 N–H and O–H groups in total. The number of rotatable bonds is 6. The molecule has 0 radical (unpaired) electrons. The van der Waals surface area contributed by atoms with E-state index in [9.17, 15) is 9.90 Å². The Morgan fingerprint density at radius 2 is 1.41 bits per heavy atom. The molecule has 6 rings (SSSR count). The first-order valence-corrected chi connectivity index (χ1v) is 15.5. The first-order chi connectivity index (χ1) is 18.8. The quantitative estimate of drug-likeness (QED) is 0.186. The lowest BCUT2D eigenvalue weighted by atomic mass is 9.93. The summed E-state index contributed by atoms with van der Waals surface area (Å²) in [4.78, 5) is 12.3. The molecule has 194 valence electrons. The van der Waals surface area contributed by atoms with Crippen LogP contribution in [0.25, 0.3) is 42.1 Å². The summed E-state index contributed by atoms with van der Waals surface area (Å²) in [5.41, 5.74) is 3.03. The minimum atomic E-state index is -1.06. The van der Waals surface area contributed by atoms with E-state index >= 15 is 0 Å². The van der Waals surface area contributed by atoms with Crippen molar-refractivity contribution in [1.82, 2.24) is 0 Å². The molecule has 1 aromatic heterocycles. The van der Waals surface area contributed by atoms with Gasteiger partial charge in [0.2, 0.25) is 6.10 Å². The average Bonchev–Trinajstić information content (AvgIpc) is 3.33. The standard InChI is InChI=1S/C32H21Br3O3S/c1-17(18-9-3-2-4-10-18)29(32(36)37)38-30-23(33)15-19(16-24(30)34)26-20-11-5-6-12-21(20)28(35)31-27(26)22-13-7-8-14-25(22)39-31/h2-17,29H,1H3,(H,36,37)/t17?,29-/m1/s1. The Hall–Kier alpha value is -2.71. The van der Waals surface area contributed by atoms with E-state index in [4.69, 9.17) is 4.74 Å². The first-order valence-electron chi connectivity index (χ1n) is 12.3. The van der Waals surface area contributed by atoms with Crippen molar-refractivity contribution in [3.05, 3.63) is 110 Å². The third kappa shape index (κ3) is 4.69. The predicted octanol–water partition coefficient (Wildman–Crippen LogP) is 10.8. The van der Waals surface area contributed by atoms with Gasteiger partial charge in [0.1, 0.15) is 5.75 Å². The molecule has 7 heteroatoms. The van der Waals surface area contributed by atoms with Crippen LogP contribution in [0, 0.1) is 0 Å². The van der Waals surface area contributed by atoms with Gasteiger partial charge in [0.25, 0.3) is 0 Å². The maximum absolute atomic E-state index is 12.3. The SMILES string of the molecule is CC(c1ccccc1)[C@@H](Oc1c(Br)cc(-c2c3ccccc3c(Br)c3sc4ccccc4c23)cc1Br)C(=O)O. The number of aliphatic carboxylic acids is 1. The predicted molar refractivity (Wildman–Crippen MR) is 172 cm³/mol. The Morgan fingerprint density at radius 1 is 0.821 bits per heavy atom. The molecule has 1 unspecified atom stereocenters. The fourth-order valence-corrected chi connectivity index (χ4v) is 8.46. The number of carbonyl (C=O) groups is 1. The maximum Gasteiger partial charge on any atom is 0.345 e. The van der Waals surface area contributed by atoms with Crippen LogP contribution in [-0.2, 0) is 4.79 Å². The van der Waals surface area contributed by atoms with Gasteiger partial charge in [-0.2, -0.15) is 0 Å². The number of ether oxygens (including phenoxy) is 1. The molecule has 0 bridgehead atoms. The van der Waals surface area contributed by atoms with Crippen LogP contribution >= 0.6 is 59.1 Å². The van der Waals surface area contributed by atoms with Gasteiger partial charge in [-0.1, -0.05) is 79.7 Å². The molecule has 1 heterocycles. The Morgan fingerprint density at radius 3 is 2.08 bits per heavy atom. The minimum Gasteiger partial charge on any atom is -0.478 e. The van der Waals surface area contributed by atoms with Crippen molar-refractivity contribution < 1.29 is 14.6 Å². The van der Waals surface area contributed by atoms with Crippen molar-refractivity contribution in [2.24, 2.45) is 0 Å². The van der Waals surface area contributed by atoms with Crippen LogP contribution in [0.1, 0.15) is 18.4 Å². The molecular formula is C32H21Br3O3S. The fraction of sp³-hybridized carbons (Fsp3) is 0.0938. The summed E-state index contributed by atoms with van der Waals surface area (Å²) in [5, 5.41) is 14.7. The molecule has 0 saturated carbocycles. The summed E-state index contributed by atoms with van der Waals surface area (Å²) < 4.78 is 11.1. The van der Waals surface area contributed by atoms with Gasteiger partial charge in [0.05, 0.1) is 13.6 Å². The number of hydrogen-bond donors (Lipinski definition) is 1. The summed E-state index contributed by atoms with van der Waals surface area (Å²) in [6.45, 7) is 1.87. The van der Waals surface area contributed by atoms with Gasteiger partial charge in [-0.15, -0.1) is 11.3 Å². The van der Waals surface area contributed by atoms with E-state index in [0.717, 1.165) is 31.9 Å². The van der Waals surface area contributed by atoms with Gasteiger partial charge < -0.3 is 9.84 Å². The van der Waals surface area contributed by atoms with E-state index in [1.54, 1.807) is 11.3 Å². The zero-order valence-corrected chi connectivity index (χ0v) is 26.2. The van der Waals surface area contributed by atoms with E-state index in [0.29, 0.717) is 14.7 Å². The van der Waals surface area contributed by atoms with E-state index in [1.807, 2.05) is 49.4 Å². The highest BCUT2D eigenvalue weighted by atomic mass is 79.9. The molecule has 0 aliphatic rings. The minimum absolute atomic E-state index is 0.352. The Labute approximate surface area is 254 Å². The van der Waals surface area contributed by atoms with Crippen molar-refractivity contribution in [3.63, 3.8) is 0 Å². The zero-order valence-electron chi connectivity index (χ0n) is 20.6. The van der Waals surface area contributed by atoms with Crippen molar-refractivity contribution >= 4 is 96.0 Å². The third-order valence-electron chi connectivity index (χ3n) is 7.03. The summed E-state index contributed by atoms with van der Waals surface area (Å²) in [6, 6.07) is 30.5. The second-order valence-electron chi connectivity index (χ2n) is 9.38. The highest BCUT2D eigenvalue weighted by Crippen LogP contribution is 2.50. The summed E-state index contributed by atoms with van der Waals surface area (Å²) >= 11 is 13.1. The van der Waals surface area contributed by atoms with E-state index in [1.165, 1.54) is 20.2 Å². The number of carboxylic acid groups (broad SMARTS) is 1. The number of carboxylic acids is 1. The van der Waals surface area contributed by atoms with Crippen LogP contribution < -0.4 is 4.74 Å². The van der Waals surface area contributed by atoms with Crippen LogP contribution in [0.2, 0.25) is 0 Å². The smallest absolute Gasteiger partial charge is 0.345 e. The molecule has 39 heavy (non-hydrogen) atoms. The van der Waals surface area contributed by atoms with Crippen LogP contribution in [0.4, 0.5) is 0 Å². The van der Waals surface area contributed by atoms with Crippen LogP contribution in [0.3, 0.4) is 0 Å². The molecule has 3 nitrogen and oxygen atoms in total. The first kappa shape index (κ1) is 26.5. The molecule has 6 aromatic rings. The summed E-state index contributed by atoms with van der Waals surface area (Å²) in [5.74, 6) is -0.907. The van der Waals surface area contributed by atoms with E-state index < -0.39 is 12.1 Å². The molecule has 0 fully saturated rings. The zero-order chi connectivity index (χ0) is 27.3. The highest BCUT2D eigenvalue weighted by molar-refractivity contribution is 9.11. The lowest BCUT2D eigenvalue weighted by Gasteiger charge is -2.24. The molecule has 0 spiro atoms. The highest BCUT2D eigenvalue weighted by Gasteiger charge is 2.30. The third-order valence-corrected chi connectivity index (χ3v) is 10.5. The number of benzene rings is 5. The number of hydrogen-bond acceptors (Lipinski definition) is 3. The van der Waals surface area contributed by atoms with Gasteiger partial charge in [-0.25, -0.2) is 4.79 Å². The maximum atomic E-state index is 12.3. The molecule has 2 atom stereocenters. The largest absolute Gasteiger partial charge is 0.478 e. The van der Waals surface area contributed by atoms with Crippen LogP contribution in [0.15, 0.2) is 104 Å². The van der Waals surface area contributed by atoms with E-state index in [2.05, 4.69) is 96.3 Å². The second kappa shape index (κ2) is 10.7. The number of fused-ring (bicyclic) bond motifs is 4. The molecule has 0 saturated heterocycles. The molecular weight excluding hydrogens is 704 g/mol. The molecule has 0 aliphatic heterocycles. The van der Waals surface area contributed by atoms with Crippen LogP contribution in [-0.4, -0.2) is 17.2 Å². The number of thiophene rings is 1. The van der Waals surface area contributed by atoms with Crippen molar-refractivity contribution in [2.75, 3.05) is 0 Å². The van der Waals surface area contributed by atoms with Crippen molar-refractivity contribution in [3.8, 4) is 16.9 Å². The summed E-state index contributed by atoms with van der Waals surface area (Å²) in [6.07, 6.45) is -1.06. The lowest BCUT2D eigenvalue weighted by Crippen LogP contribution is -2.32. The van der Waals surface area contributed by atoms with Crippen molar-refractivity contribution in [2.45, 2.75) is 18.9 Å². The monoisotopic (exact) mass is 722 g/mol. The average molecular weight is 725 g/mol. The van der Waals surface area contributed by atoms with Gasteiger partial charge in [-0.05, 0) is 93.5 Å². The van der Waals surface area contributed by atoms with E-state index in [-0.39, 0.29) is 5.92 Å². The number of halogens is 3. The lowest BCUT2D eigenvalue weighted by molar-refractivity contribution is -0.146. The molecule has 0 amide bonds. The van der Waals surface area contributed by atoms with Gasteiger partial charge >= 0.3 is 5.97 Å². The second-order valence-corrected chi connectivity index (χ2v) is 12.9. The van der Waals surface area contributed by atoms with Gasteiger partial charge in [-0.3, -0.25) is 0 Å². The normalized spacial score (nSPS) is 13.1. The molecule has 5 aromatic carbocycles. The van der Waals surface area contributed by atoms with Gasteiger partial charge in [0.15, 0.2) is 0 Å². The Kier molecular flexibility index (Phi) is 7.27.